The van der Waals surface area contributed by atoms with Crippen molar-refractivity contribution < 1.29 is 9.53 Å². The van der Waals surface area contributed by atoms with E-state index in [2.05, 4.69) is 11.6 Å². The molecule has 0 aliphatic carbocycles. The summed E-state index contributed by atoms with van der Waals surface area (Å²) in [5.74, 6) is -0.338. The minimum Gasteiger partial charge on any atom is -0.460 e. The minimum absolute atomic E-state index is 0.0502. The molecule has 0 aliphatic heterocycles. The van der Waals surface area contributed by atoms with E-state index in [1.54, 1.807) is 0 Å². The van der Waals surface area contributed by atoms with Crippen molar-refractivity contribution in [2.45, 2.75) is 6.92 Å². The van der Waals surface area contributed by atoms with Gasteiger partial charge in [-0.2, -0.15) is 0 Å². The van der Waals surface area contributed by atoms with Crippen molar-refractivity contribution in [2.75, 3.05) is 13.2 Å². The van der Waals surface area contributed by atoms with Crippen LogP contribution in [0.4, 0.5) is 0 Å². The zero-order valence-electron chi connectivity index (χ0n) is 9.35. The molecular formula is C13H15NO2. The van der Waals surface area contributed by atoms with Crippen LogP contribution in [-0.4, -0.2) is 24.8 Å². The fraction of sp³-hybridized carbons (Fsp3) is 0.231. The summed E-state index contributed by atoms with van der Waals surface area (Å²) in [6.45, 7) is 5.62. The predicted molar refractivity (Wildman–Crippen MR) is 64.7 cm³/mol. The van der Waals surface area contributed by atoms with Gasteiger partial charge in [-0.15, -0.1) is 0 Å². The zero-order valence-corrected chi connectivity index (χ0v) is 9.35. The third kappa shape index (κ3) is 4.09. The number of hydrogen-bond donors (Lipinski definition) is 0. The number of aliphatic imine (C=N–C) groups is 1. The Balaban J connectivity index is 2.51. The normalized spacial score (nSPS) is 10.9. The summed E-state index contributed by atoms with van der Waals surface area (Å²) >= 11 is 0. The molecule has 0 saturated carbocycles. The maximum Gasteiger partial charge on any atom is 0.328 e. The number of carbonyl (C=O) groups is 1. The van der Waals surface area contributed by atoms with Gasteiger partial charge in [-0.05, 0) is 12.5 Å². The highest BCUT2D eigenvalue weighted by molar-refractivity contribution is 5.99. The van der Waals surface area contributed by atoms with Crippen LogP contribution in [0.3, 0.4) is 0 Å². The average molecular weight is 217 g/mol. The first-order valence-corrected chi connectivity index (χ1v) is 5.07. The smallest absolute Gasteiger partial charge is 0.328 e. The second kappa shape index (κ2) is 6.56. The van der Waals surface area contributed by atoms with Crippen molar-refractivity contribution in [1.29, 1.82) is 0 Å². The van der Waals surface area contributed by atoms with Crippen molar-refractivity contribution in [1.82, 2.24) is 0 Å². The van der Waals surface area contributed by atoms with E-state index in [0.717, 1.165) is 11.3 Å². The lowest BCUT2D eigenvalue weighted by molar-refractivity contribution is -0.140. The van der Waals surface area contributed by atoms with Gasteiger partial charge < -0.3 is 4.74 Å². The fourth-order valence-electron chi connectivity index (χ4n) is 1.15. The quantitative estimate of drug-likeness (QED) is 0.431. The standard InChI is InChI=1S/C13H15NO2/c1-3-9-16-13(15)10-14-11(2)12-7-5-4-6-8-12/h3-8H,1,9-10H2,2H3. The highest BCUT2D eigenvalue weighted by Crippen LogP contribution is 2.00. The number of benzene rings is 1. The Morgan fingerprint density at radius 2 is 2.12 bits per heavy atom. The molecule has 1 rings (SSSR count). The van der Waals surface area contributed by atoms with Gasteiger partial charge in [-0.25, -0.2) is 0 Å². The SMILES string of the molecule is C=CCOC(=O)CN=C(C)c1ccccc1. The van der Waals surface area contributed by atoms with Gasteiger partial charge in [0.15, 0.2) is 0 Å². The molecule has 0 heterocycles. The van der Waals surface area contributed by atoms with Gasteiger partial charge in [0.2, 0.25) is 0 Å². The number of esters is 1. The first-order chi connectivity index (χ1) is 7.74. The van der Waals surface area contributed by atoms with E-state index in [4.69, 9.17) is 4.74 Å². The second-order valence-corrected chi connectivity index (χ2v) is 3.24. The van der Waals surface area contributed by atoms with Crippen LogP contribution >= 0.6 is 0 Å². The molecule has 0 amide bonds. The molecule has 3 heteroatoms. The average Bonchev–Trinajstić information content (AvgIpc) is 2.34. The summed E-state index contributed by atoms with van der Waals surface area (Å²) in [5.41, 5.74) is 1.84. The fourth-order valence-corrected chi connectivity index (χ4v) is 1.15. The van der Waals surface area contributed by atoms with Crippen LogP contribution in [-0.2, 0) is 9.53 Å². The Morgan fingerprint density at radius 1 is 1.44 bits per heavy atom. The molecule has 1 aromatic carbocycles. The Hall–Kier alpha value is -1.90. The molecule has 0 N–H and O–H groups in total. The van der Waals surface area contributed by atoms with Gasteiger partial charge in [-0.3, -0.25) is 9.79 Å². The van der Waals surface area contributed by atoms with E-state index >= 15 is 0 Å². The zero-order chi connectivity index (χ0) is 11.8. The van der Waals surface area contributed by atoms with Gasteiger partial charge in [0.05, 0.1) is 0 Å². The van der Waals surface area contributed by atoms with Crippen LogP contribution in [0.5, 0.6) is 0 Å². The van der Waals surface area contributed by atoms with Gasteiger partial charge in [-0.1, -0.05) is 43.0 Å². The maximum atomic E-state index is 11.2. The number of ether oxygens (including phenoxy) is 1. The summed E-state index contributed by atoms with van der Waals surface area (Å²) < 4.78 is 4.81. The summed E-state index contributed by atoms with van der Waals surface area (Å²) in [6, 6.07) is 9.71. The summed E-state index contributed by atoms with van der Waals surface area (Å²) in [4.78, 5) is 15.3. The van der Waals surface area contributed by atoms with Crippen molar-refractivity contribution in [3.63, 3.8) is 0 Å². The van der Waals surface area contributed by atoms with E-state index in [1.807, 2.05) is 37.3 Å². The lowest BCUT2D eigenvalue weighted by atomic mass is 10.1. The monoisotopic (exact) mass is 217 g/mol. The van der Waals surface area contributed by atoms with E-state index < -0.39 is 0 Å². The Morgan fingerprint density at radius 3 is 2.75 bits per heavy atom. The molecule has 0 spiro atoms. The largest absolute Gasteiger partial charge is 0.460 e. The van der Waals surface area contributed by atoms with Crippen molar-refractivity contribution in [3.05, 3.63) is 48.6 Å². The summed E-state index contributed by atoms with van der Waals surface area (Å²) in [5, 5.41) is 0. The van der Waals surface area contributed by atoms with E-state index in [0.29, 0.717) is 0 Å². The van der Waals surface area contributed by atoms with Crippen LogP contribution in [0.2, 0.25) is 0 Å². The van der Waals surface area contributed by atoms with E-state index in [-0.39, 0.29) is 19.1 Å². The van der Waals surface area contributed by atoms with Gasteiger partial charge in [0, 0.05) is 5.71 Å². The number of nitrogens with zero attached hydrogens (tertiary/aromatic N) is 1. The highest BCUT2D eigenvalue weighted by Gasteiger charge is 2.01. The van der Waals surface area contributed by atoms with Gasteiger partial charge in [0.25, 0.3) is 0 Å². The lowest BCUT2D eigenvalue weighted by Crippen LogP contribution is -2.09. The van der Waals surface area contributed by atoms with Crippen LogP contribution in [0.15, 0.2) is 48.0 Å². The molecule has 3 nitrogen and oxygen atoms in total. The molecule has 84 valence electrons. The van der Waals surface area contributed by atoms with Crippen molar-refractivity contribution >= 4 is 11.7 Å². The second-order valence-electron chi connectivity index (χ2n) is 3.24. The van der Waals surface area contributed by atoms with Crippen molar-refractivity contribution in [2.24, 2.45) is 4.99 Å². The first kappa shape index (κ1) is 12.2. The third-order valence-electron chi connectivity index (χ3n) is 2.00. The highest BCUT2D eigenvalue weighted by atomic mass is 16.5. The Labute approximate surface area is 95.5 Å². The number of rotatable bonds is 5. The number of carbonyl (C=O) groups excluding carboxylic acids is 1. The summed E-state index contributed by atoms with van der Waals surface area (Å²) in [7, 11) is 0. The maximum absolute atomic E-state index is 11.2. The molecule has 0 aromatic heterocycles. The number of hydrogen-bond acceptors (Lipinski definition) is 3. The molecular weight excluding hydrogens is 202 g/mol. The minimum atomic E-state index is -0.338. The van der Waals surface area contributed by atoms with Crippen LogP contribution in [0, 0.1) is 0 Å². The predicted octanol–water partition coefficient (Wildman–Crippen LogP) is 2.22. The molecule has 16 heavy (non-hydrogen) atoms. The Kier molecular flexibility index (Phi) is 4.99. The topological polar surface area (TPSA) is 38.7 Å². The molecule has 0 bridgehead atoms. The van der Waals surface area contributed by atoms with Gasteiger partial charge >= 0.3 is 5.97 Å². The first-order valence-electron chi connectivity index (χ1n) is 5.07. The third-order valence-corrected chi connectivity index (χ3v) is 2.00. The van der Waals surface area contributed by atoms with E-state index in [1.165, 1.54) is 6.08 Å². The molecule has 1 aromatic rings. The van der Waals surface area contributed by atoms with Crippen LogP contribution < -0.4 is 0 Å². The molecule has 0 radical (unpaired) electrons. The van der Waals surface area contributed by atoms with Crippen LogP contribution in [0.1, 0.15) is 12.5 Å². The lowest BCUT2D eigenvalue weighted by Gasteiger charge is -2.01. The molecule has 0 aliphatic rings. The van der Waals surface area contributed by atoms with Gasteiger partial charge in [0.1, 0.15) is 13.2 Å². The molecule has 0 unspecified atom stereocenters. The summed E-state index contributed by atoms with van der Waals surface area (Å²) in [6.07, 6.45) is 1.53. The van der Waals surface area contributed by atoms with Crippen LogP contribution in [0.25, 0.3) is 0 Å². The molecule has 0 fully saturated rings. The van der Waals surface area contributed by atoms with E-state index in [9.17, 15) is 4.79 Å². The molecule has 0 atom stereocenters. The van der Waals surface area contributed by atoms with Crippen molar-refractivity contribution in [3.8, 4) is 0 Å². The Bertz CT molecular complexity index is 382. The molecule has 0 saturated heterocycles.